The molecule has 2 aromatic heterocycles. The molecule has 0 fully saturated rings. The molecule has 1 aromatic carbocycles. The van der Waals surface area contributed by atoms with Gasteiger partial charge < -0.3 is 19.8 Å². The molecule has 0 unspecified atom stereocenters. The molecular weight excluding hydrogens is 501 g/mol. The van der Waals surface area contributed by atoms with Crippen molar-refractivity contribution in [1.29, 1.82) is 0 Å². The van der Waals surface area contributed by atoms with Gasteiger partial charge in [0, 0.05) is 48.6 Å². The fourth-order valence-electron chi connectivity index (χ4n) is 3.69. The lowest BCUT2D eigenvalue weighted by Crippen LogP contribution is -2.38. The summed E-state index contributed by atoms with van der Waals surface area (Å²) in [6.07, 6.45) is 3.65. The molecule has 7 nitrogen and oxygen atoms in total. The van der Waals surface area contributed by atoms with Gasteiger partial charge in [0.1, 0.15) is 12.3 Å². The summed E-state index contributed by atoms with van der Waals surface area (Å²) in [4.78, 5) is 18.7. The number of carbonyl (C=O) groups excluding carboxylic acids is 1. The van der Waals surface area contributed by atoms with Gasteiger partial charge in [-0.15, -0.1) is 0 Å². The van der Waals surface area contributed by atoms with Gasteiger partial charge in [-0.3, -0.25) is 4.98 Å². The molecule has 1 aliphatic heterocycles. The minimum atomic E-state index is -3.03. The molecule has 3 heterocycles. The molecule has 11 heteroatoms. The molecule has 0 bridgehead atoms. The van der Waals surface area contributed by atoms with Crippen LogP contribution in [0.1, 0.15) is 36.8 Å². The van der Waals surface area contributed by atoms with Gasteiger partial charge in [-0.25, -0.2) is 13.6 Å². The minimum absolute atomic E-state index is 0.0992. The topological polar surface area (TPSA) is 91.5 Å². The summed E-state index contributed by atoms with van der Waals surface area (Å²) in [7, 11) is 0. The smallest absolute Gasteiger partial charge is 0.322 e. The van der Waals surface area contributed by atoms with E-state index in [1.54, 1.807) is 23.2 Å². The van der Waals surface area contributed by atoms with Crippen LogP contribution in [0.3, 0.4) is 0 Å². The third-order valence-corrected chi connectivity index (χ3v) is 6.31. The number of carbonyl (C=O) groups is 1. The van der Waals surface area contributed by atoms with E-state index in [9.17, 15) is 13.6 Å². The number of benzene rings is 1. The van der Waals surface area contributed by atoms with Crippen molar-refractivity contribution in [3.8, 4) is 11.3 Å². The first kappa shape index (κ1) is 25.1. The fraction of sp³-hybridized carbons (Fsp3) is 0.292. The Morgan fingerprint density at radius 2 is 2.06 bits per heavy atom. The Balaban J connectivity index is 1.41. The molecule has 2 amide bonds. The number of hydrogen-bond donors (Lipinski definition) is 2. The number of aromatic nitrogens is 2. The number of urea groups is 1. The molecule has 0 spiro atoms. The van der Waals surface area contributed by atoms with Crippen LogP contribution in [0.2, 0.25) is 10.0 Å². The Hall–Kier alpha value is -3.01. The average molecular weight is 523 g/mol. The first-order valence-electron chi connectivity index (χ1n) is 10.9. The Labute approximate surface area is 210 Å². The first-order chi connectivity index (χ1) is 16.7. The largest absolute Gasteiger partial charge is 0.388 e. The zero-order valence-electron chi connectivity index (χ0n) is 18.7. The maximum Gasteiger partial charge on any atom is 0.322 e. The van der Waals surface area contributed by atoms with E-state index in [0.717, 1.165) is 5.57 Å². The summed E-state index contributed by atoms with van der Waals surface area (Å²) in [6, 6.07) is 6.94. The van der Waals surface area contributed by atoms with E-state index >= 15 is 0 Å². The number of aliphatic hydroxyl groups excluding tert-OH is 1. The Kier molecular flexibility index (Phi) is 7.39. The standard InChI is InChI=1S/C24H22Cl2F2N4O3/c1-2-24(27,28)18-4-3-16(10-19(18)25)30-23(34)32-7-5-14(6-8-32)22-20(26)9-15(12-29-22)21-11-17(13-33)35-31-21/h3-5,9-12,33H,2,6-8,13H2,1H3,(H,30,34). The number of halogens is 4. The molecule has 0 saturated carbocycles. The van der Waals surface area contributed by atoms with E-state index < -0.39 is 5.92 Å². The predicted octanol–water partition coefficient (Wildman–Crippen LogP) is 6.36. The van der Waals surface area contributed by atoms with Gasteiger partial charge in [0.2, 0.25) is 0 Å². The molecule has 1 aliphatic rings. The van der Waals surface area contributed by atoms with Crippen molar-refractivity contribution in [2.75, 3.05) is 18.4 Å². The van der Waals surface area contributed by atoms with Crippen LogP contribution in [0.5, 0.6) is 0 Å². The molecular formula is C24H22Cl2F2N4O3. The predicted molar refractivity (Wildman–Crippen MR) is 129 cm³/mol. The van der Waals surface area contributed by atoms with Crippen LogP contribution < -0.4 is 5.32 Å². The van der Waals surface area contributed by atoms with Crippen LogP contribution in [-0.2, 0) is 12.5 Å². The SMILES string of the molecule is CCC(F)(F)c1ccc(NC(=O)N2CC=C(c3ncc(-c4cc(CO)on4)cc3Cl)CC2)cc1Cl. The fourth-order valence-corrected chi connectivity index (χ4v) is 4.30. The summed E-state index contributed by atoms with van der Waals surface area (Å²) in [5, 5.41) is 16.0. The molecule has 184 valence electrons. The van der Waals surface area contributed by atoms with Crippen molar-refractivity contribution in [3.05, 3.63) is 69.7 Å². The lowest BCUT2D eigenvalue weighted by atomic mass is 10.0. The number of nitrogens with zero attached hydrogens (tertiary/aromatic N) is 3. The second-order valence-electron chi connectivity index (χ2n) is 8.00. The van der Waals surface area contributed by atoms with Crippen LogP contribution in [-0.4, -0.2) is 39.3 Å². The van der Waals surface area contributed by atoms with Crippen LogP contribution in [0, 0.1) is 0 Å². The second-order valence-corrected chi connectivity index (χ2v) is 8.81. The summed E-state index contributed by atoms with van der Waals surface area (Å²) in [5.74, 6) is -2.69. The number of amides is 2. The number of hydrogen-bond acceptors (Lipinski definition) is 5. The lowest BCUT2D eigenvalue weighted by Gasteiger charge is -2.27. The summed E-state index contributed by atoms with van der Waals surface area (Å²) in [5.41, 5.74) is 2.75. The van der Waals surface area contributed by atoms with E-state index in [1.165, 1.54) is 25.1 Å². The van der Waals surface area contributed by atoms with Gasteiger partial charge in [0.15, 0.2) is 5.76 Å². The summed E-state index contributed by atoms with van der Waals surface area (Å²) < 4.78 is 32.9. The second kappa shape index (κ2) is 10.3. The van der Waals surface area contributed by atoms with Gasteiger partial charge in [-0.1, -0.05) is 41.4 Å². The van der Waals surface area contributed by atoms with Crippen molar-refractivity contribution in [1.82, 2.24) is 15.0 Å². The maximum absolute atomic E-state index is 13.9. The number of aliphatic hydroxyl groups is 1. The zero-order chi connectivity index (χ0) is 25.2. The highest BCUT2D eigenvalue weighted by Crippen LogP contribution is 2.37. The van der Waals surface area contributed by atoms with Gasteiger partial charge in [-0.05, 0) is 36.3 Å². The van der Waals surface area contributed by atoms with Crippen LogP contribution in [0.15, 0.2) is 47.1 Å². The Bertz CT molecular complexity index is 1280. The molecule has 4 rings (SSSR count). The van der Waals surface area contributed by atoms with E-state index in [4.69, 9.17) is 32.8 Å². The highest BCUT2D eigenvalue weighted by Gasteiger charge is 2.31. The molecule has 2 N–H and O–H groups in total. The van der Waals surface area contributed by atoms with Crippen LogP contribution >= 0.6 is 23.2 Å². The lowest BCUT2D eigenvalue weighted by molar-refractivity contribution is -0.00815. The summed E-state index contributed by atoms with van der Waals surface area (Å²) in [6.45, 7) is 1.87. The molecule has 0 saturated heterocycles. The maximum atomic E-state index is 13.9. The highest BCUT2D eigenvalue weighted by atomic mass is 35.5. The molecule has 3 aromatic rings. The van der Waals surface area contributed by atoms with E-state index in [1.807, 2.05) is 6.08 Å². The Morgan fingerprint density at radius 1 is 1.26 bits per heavy atom. The van der Waals surface area contributed by atoms with E-state index in [0.29, 0.717) is 52.9 Å². The number of pyridine rings is 1. The number of alkyl halides is 2. The third-order valence-electron chi connectivity index (χ3n) is 5.71. The van der Waals surface area contributed by atoms with Gasteiger partial charge >= 0.3 is 6.03 Å². The third kappa shape index (κ3) is 5.47. The highest BCUT2D eigenvalue weighted by molar-refractivity contribution is 6.32. The van der Waals surface area contributed by atoms with E-state index in [-0.39, 0.29) is 29.6 Å². The number of rotatable bonds is 6. The normalized spacial score (nSPS) is 14.1. The molecule has 0 radical (unpaired) electrons. The quantitative estimate of drug-likeness (QED) is 0.393. The molecule has 0 atom stereocenters. The van der Waals surface area contributed by atoms with Crippen molar-refractivity contribution in [2.45, 2.75) is 32.3 Å². The van der Waals surface area contributed by atoms with Gasteiger partial charge in [-0.2, -0.15) is 0 Å². The van der Waals surface area contributed by atoms with Gasteiger partial charge in [0.05, 0.1) is 15.7 Å². The van der Waals surface area contributed by atoms with Crippen LogP contribution in [0.4, 0.5) is 19.3 Å². The number of nitrogens with one attached hydrogen (secondary N) is 1. The number of anilines is 1. The van der Waals surface area contributed by atoms with Crippen molar-refractivity contribution >= 4 is 40.5 Å². The van der Waals surface area contributed by atoms with Crippen molar-refractivity contribution in [3.63, 3.8) is 0 Å². The summed E-state index contributed by atoms with van der Waals surface area (Å²) >= 11 is 12.5. The molecule has 0 aliphatic carbocycles. The first-order valence-corrected chi connectivity index (χ1v) is 11.6. The van der Waals surface area contributed by atoms with Gasteiger partial charge in [0.25, 0.3) is 5.92 Å². The minimum Gasteiger partial charge on any atom is -0.388 e. The van der Waals surface area contributed by atoms with Crippen molar-refractivity contribution in [2.24, 2.45) is 0 Å². The Morgan fingerprint density at radius 3 is 2.66 bits per heavy atom. The zero-order valence-corrected chi connectivity index (χ0v) is 20.2. The van der Waals surface area contributed by atoms with Crippen molar-refractivity contribution < 1.29 is 23.2 Å². The van der Waals surface area contributed by atoms with Crippen LogP contribution in [0.25, 0.3) is 16.8 Å². The van der Waals surface area contributed by atoms with E-state index in [2.05, 4.69) is 15.5 Å². The molecule has 35 heavy (non-hydrogen) atoms. The monoisotopic (exact) mass is 522 g/mol. The average Bonchev–Trinajstić information content (AvgIpc) is 3.33.